The van der Waals surface area contributed by atoms with E-state index in [9.17, 15) is 10.0 Å². The SMILES string of the molecule is CCOC(=O)[C-]1C=C[N+](O)=C2C=CC=CC21.[Au+]. The van der Waals surface area contributed by atoms with E-state index in [1.165, 1.54) is 6.20 Å². The molecule has 1 atom stereocenters. The van der Waals surface area contributed by atoms with E-state index >= 15 is 0 Å². The second-order valence-corrected chi connectivity index (χ2v) is 3.48. The molecule has 0 saturated carbocycles. The molecule has 0 spiro atoms. The predicted octanol–water partition coefficient (Wildman–Crippen LogP) is 1.23. The Morgan fingerprint density at radius 2 is 2.35 bits per heavy atom. The Hall–Kier alpha value is -1.23. The molecular formula is C12H13AuNO3+. The summed E-state index contributed by atoms with van der Waals surface area (Å²) in [6.45, 7) is 2.12. The van der Waals surface area contributed by atoms with Crippen LogP contribution < -0.4 is 0 Å². The van der Waals surface area contributed by atoms with Crippen molar-refractivity contribution < 1.29 is 41.9 Å². The number of allylic oxidation sites excluding steroid dienone is 4. The smallest absolute Gasteiger partial charge is 0.476 e. The van der Waals surface area contributed by atoms with Crippen LogP contribution in [0.5, 0.6) is 0 Å². The first-order valence-corrected chi connectivity index (χ1v) is 5.16. The minimum atomic E-state index is -0.339. The Morgan fingerprint density at radius 3 is 3.06 bits per heavy atom. The summed E-state index contributed by atoms with van der Waals surface area (Å²) in [5.74, 6) is -0.0175. The van der Waals surface area contributed by atoms with E-state index in [2.05, 4.69) is 0 Å². The first-order valence-electron chi connectivity index (χ1n) is 5.16. The Morgan fingerprint density at radius 1 is 1.59 bits per heavy atom. The van der Waals surface area contributed by atoms with E-state index < -0.39 is 0 Å². The van der Waals surface area contributed by atoms with Crippen LogP contribution in [0.2, 0.25) is 0 Å². The fourth-order valence-electron chi connectivity index (χ4n) is 1.76. The molecule has 1 unspecified atom stereocenters. The first kappa shape index (κ1) is 13.8. The van der Waals surface area contributed by atoms with Gasteiger partial charge in [0.05, 0.1) is 12.8 Å². The zero-order chi connectivity index (χ0) is 11.5. The van der Waals surface area contributed by atoms with Gasteiger partial charge in [0.25, 0.3) is 5.97 Å². The molecule has 0 aromatic heterocycles. The van der Waals surface area contributed by atoms with Gasteiger partial charge >= 0.3 is 22.4 Å². The maximum Gasteiger partial charge on any atom is 1.00 e. The van der Waals surface area contributed by atoms with Crippen LogP contribution >= 0.6 is 0 Å². The molecule has 2 aliphatic rings. The standard InChI is InChI=1S/C12H13NO3.Au/c1-2-16-12(14)10-7-8-13(15)11-6-4-3-5-9(10)11;/h3-9,15H,2H2,1H3;/q;+1. The third-order valence-corrected chi connectivity index (χ3v) is 2.51. The van der Waals surface area contributed by atoms with Gasteiger partial charge in [0.1, 0.15) is 0 Å². The first-order chi connectivity index (χ1) is 7.74. The van der Waals surface area contributed by atoms with Gasteiger partial charge < -0.3 is 9.94 Å². The number of nitrogens with zero attached hydrogens (tertiary/aromatic N) is 1. The number of carbonyl (C=O) groups is 1. The summed E-state index contributed by atoms with van der Waals surface area (Å²) in [7, 11) is 0. The molecule has 1 aliphatic heterocycles. The number of hydrogen-bond donors (Lipinski definition) is 1. The number of fused-ring (bicyclic) bond motifs is 1. The van der Waals surface area contributed by atoms with E-state index in [1.54, 1.807) is 19.1 Å². The van der Waals surface area contributed by atoms with Crippen LogP contribution in [0.3, 0.4) is 0 Å². The quantitative estimate of drug-likeness (QED) is 0.242. The van der Waals surface area contributed by atoms with Crippen molar-refractivity contribution in [2.75, 3.05) is 6.61 Å². The monoisotopic (exact) mass is 416 g/mol. The van der Waals surface area contributed by atoms with Crippen molar-refractivity contribution in [2.24, 2.45) is 5.92 Å². The molecule has 1 N–H and O–H groups in total. The largest absolute Gasteiger partial charge is 1.00 e. The molecule has 4 nitrogen and oxygen atoms in total. The van der Waals surface area contributed by atoms with Crippen molar-refractivity contribution >= 4 is 11.7 Å². The van der Waals surface area contributed by atoms with Gasteiger partial charge in [-0.3, -0.25) is 4.79 Å². The molecule has 0 radical (unpaired) electrons. The minimum Gasteiger partial charge on any atom is -0.476 e. The van der Waals surface area contributed by atoms with Gasteiger partial charge in [-0.05, 0) is 6.92 Å². The zero-order valence-electron chi connectivity index (χ0n) is 9.26. The number of rotatable bonds is 2. The van der Waals surface area contributed by atoms with E-state index in [-0.39, 0.29) is 34.3 Å². The molecule has 0 saturated heterocycles. The number of hydroxylamine groups is 1. The molecule has 0 aromatic carbocycles. The second kappa shape index (κ2) is 5.91. The molecule has 1 heterocycles. The average molecular weight is 416 g/mol. The molecule has 5 heteroatoms. The third kappa shape index (κ3) is 2.72. The average Bonchev–Trinajstić information content (AvgIpc) is 2.30. The summed E-state index contributed by atoms with van der Waals surface area (Å²) < 4.78 is 5.99. The zero-order valence-corrected chi connectivity index (χ0v) is 11.4. The van der Waals surface area contributed by atoms with Crippen molar-refractivity contribution in [3.63, 3.8) is 0 Å². The predicted molar refractivity (Wildman–Crippen MR) is 57.8 cm³/mol. The Labute approximate surface area is 115 Å². The molecule has 0 amide bonds. The molecule has 1 aliphatic carbocycles. The fourth-order valence-corrected chi connectivity index (χ4v) is 1.76. The van der Waals surface area contributed by atoms with Crippen LogP contribution in [0.4, 0.5) is 0 Å². The van der Waals surface area contributed by atoms with Crippen LogP contribution in [0.25, 0.3) is 0 Å². The number of hydrogen-bond acceptors (Lipinski definition) is 3. The summed E-state index contributed by atoms with van der Waals surface area (Å²) in [6.07, 6.45) is 10.3. The van der Waals surface area contributed by atoms with E-state index in [0.29, 0.717) is 18.2 Å². The molecule has 2 rings (SSSR count). The molecule has 94 valence electrons. The van der Waals surface area contributed by atoms with Gasteiger partial charge in [-0.1, -0.05) is 28.9 Å². The molecular weight excluding hydrogens is 403 g/mol. The van der Waals surface area contributed by atoms with E-state index in [4.69, 9.17) is 4.74 Å². The van der Waals surface area contributed by atoms with Crippen molar-refractivity contribution in [2.45, 2.75) is 6.92 Å². The minimum absolute atomic E-state index is 0. The van der Waals surface area contributed by atoms with Gasteiger partial charge in [0.2, 0.25) is 5.71 Å². The number of carbonyl (C=O) groups excluding carboxylic acids is 1. The van der Waals surface area contributed by atoms with Crippen LogP contribution in [0.15, 0.2) is 36.6 Å². The van der Waals surface area contributed by atoms with Crippen LogP contribution in [-0.4, -0.2) is 28.2 Å². The summed E-state index contributed by atoms with van der Waals surface area (Å²) >= 11 is 0. The Bertz CT molecular complexity index is 423. The van der Waals surface area contributed by atoms with Crippen molar-refractivity contribution in [3.8, 4) is 0 Å². The van der Waals surface area contributed by atoms with Gasteiger partial charge in [0.15, 0.2) is 0 Å². The van der Waals surface area contributed by atoms with Gasteiger partial charge in [0, 0.05) is 12.0 Å². The topological polar surface area (TPSA) is 49.5 Å². The summed E-state index contributed by atoms with van der Waals surface area (Å²) in [6, 6.07) is 0. The molecule has 0 aromatic rings. The fraction of sp³-hybridized carbons (Fsp3) is 0.250. The molecule has 0 fully saturated rings. The van der Waals surface area contributed by atoms with Crippen molar-refractivity contribution in [1.29, 1.82) is 0 Å². The van der Waals surface area contributed by atoms with Crippen LogP contribution in [0, 0.1) is 11.8 Å². The summed E-state index contributed by atoms with van der Waals surface area (Å²) in [4.78, 5) is 11.7. The van der Waals surface area contributed by atoms with E-state index in [0.717, 1.165) is 4.74 Å². The maximum atomic E-state index is 11.7. The van der Waals surface area contributed by atoms with Crippen LogP contribution in [-0.2, 0) is 31.9 Å². The Balaban J connectivity index is 0.00000144. The third-order valence-electron chi connectivity index (χ3n) is 2.51. The Kier molecular flexibility index (Phi) is 4.81. The summed E-state index contributed by atoms with van der Waals surface area (Å²) in [5, 5.41) is 9.59. The summed E-state index contributed by atoms with van der Waals surface area (Å²) in [5.41, 5.74) is 0.660. The van der Waals surface area contributed by atoms with Gasteiger partial charge in [-0.15, -0.1) is 6.08 Å². The molecule has 17 heavy (non-hydrogen) atoms. The van der Waals surface area contributed by atoms with Gasteiger partial charge in [-0.2, -0.15) is 0 Å². The second-order valence-electron chi connectivity index (χ2n) is 3.48. The van der Waals surface area contributed by atoms with Gasteiger partial charge in [-0.25, -0.2) is 0 Å². The van der Waals surface area contributed by atoms with E-state index in [1.807, 2.05) is 18.2 Å². The number of ether oxygens (including phenoxy) is 1. The molecule has 0 bridgehead atoms. The van der Waals surface area contributed by atoms with Crippen molar-refractivity contribution in [3.05, 3.63) is 42.5 Å². The van der Waals surface area contributed by atoms with Crippen molar-refractivity contribution in [1.82, 2.24) is 0 Å². The normalized spacial score (nSPS) is 21.0. The number of esters is 1. The maximum absolute atomic E-state index is 11.7. The van der Waals surface area contributed by atoms with Crippen LogP contribution in [0.1, 0.15) is 6.92 Å².